The van der Waals surface area contributed by atoms with Gasteiger partial charge in [0.25, 0.3) is 0 Å². The summed E-state index contributed by atoms with van der Waals surface area (Å²) in [6.07, 6.45) is 3.01. The van der Waals surface area contributed by atoms with Crippen molar-refractivity contribution in [1.82, 2.24) is 19.9 Å². The van der Waals surface area contributed by atoms with Gasteiger partial charge in [0.1, 0.15) is 0 Å². The number of ether oxygens (including phenoxy) is 1. The Bertz CT molecular complexity index is 447. The summed E-state index contributed by atoms with van der Waals surface area (Å²) in [4.78, 5) is 12.8. The molecule has 0 aliphatic carbocycles. The summed E-state index contributed by atoms with van der Waals surface area (Å²) in [6, 6.07) is 0.166. The molecule has 3 heterocycles. The molecule has 18 heavy (non-hydrogen) atoms. The van der Waals surface area contributed by atoms with Crippen molar-refractivity contribution < 1.29 is 14.6 Å². The van der Waals surface area contributed by atoms with E-state index in [2.05, 4.69) is 15.2 Å². The number of carboxylic acids is 1. The highest BCUT2D eigenvalue weighted by Crippen LogP contribution is 2.29. The summed E-state index contributed by atoms with van der Waals surface area (Å²) in [5, 5.41) is 16.8. The van der Waals surface area contributed by atoms with Gasteiger partial charge in [-0.15, -0.1) is 5.10 Å². The fourth-order valence-corrected chi connectivity index (χ4v) is 2.70. The number of nitrogens with zero attached hydrogens (tertiary/aromatic N) is 4. The van der Waals surface area contributed by atoms with Gasteiger partial charge in [-0.3, -0.25) is 4.79 Å². The third-order valence-electron chi connectivity index (χ3n) is 3.65. The first-order chi connectivity index (χ1) is 8.74. The summed E-state index contributed by atoms with van der Waals surface area (Å²) < 4.78 is 7.73. The molecule has 1 fully saturated rings. The minimum Gasteiger partial charge on any atom is -0.481 e. The summed E-state index contributed by atoms with van der Waals surface area (Å²) in [5.74, 6) is -0.751. The van der Waals surface area contributed by atoms with Crippen molar-refractivity contribution in [3.63, 3.8) is 0 Å². The Morgan fingerprint density at radius 1 is 1.61 bits per heavy atom. The SMILES string of the molecule is O=C(O)CCN1CC[C@H]2OCc3cnnn3[C@@H]2C1. The second kappa shape index (κ2) is 4.66. The molecule has 0 unspecified atom stereocenters. The van der Waals surface area contributed by atoms with Gasteiger partial charge >= 0.3 is 5.97 Å². The van der Waals surface area contributed by atoms with Gasteiger partial charge in [-0.2, -0.15) is 0 Å². The van der Waals surface area contributed by atoms with Crippen LogP contribution in [0.25, 0.3) is 0 Å². The van der Waals surface area contributed by atoms with Crippen LogP contribution < -0.4 is 0 Å². The maximum Gasteiger partial charge on any atom is 0.304 e. The van der Waals surface area contributed by atoms with E-state index in [0.717, 1.165) is 25.2 Å². The van der Waals surface area contributed by atoms with E-state index in [9.17, 15) is 4.79 Å². The first kappa shape index (κ1) is 11.6. The molecule has 1 aromatic rings. The molecule has 3 rings (SSSR count). The van der Waals surface area contributed by atoms with E-state index in [-0.39, 0.29) is 18.6 Å². The van der Waals surface area contributed by atoms with Crippen LogP contribution in [0.5, 0.6) is 0 Å². The van der Waals surface area contributed by atoms with Crippen LogP contribution in [0.4, 0.5) is 0 Å². The van der Waals surface area contributed by atoms with Gasteiger partial charge in [-0.05, 0) is 6.42 Å². The van der Waals surface area contributed by atoms with Crippen LogP contribution in [0.3, 0.4) is 0 Å². The van der Waals surface area contributed by atoms with Crippen LogP contribution in [0.1, 0.15) is 24.6 Å². The number of carbonyl (C=O) groups is 1. The Hall–Kier alpha value is -1.47. The molecule has 2 atom stereocenters. The number of carboxylic acid groups (broad SMARTS) is 1. The lowest BCUT2D eigenvalue weighted by Crippen LogP contribution is -2.48. The highest BCUT2D eigenvalue weighted by molar-refractivity contribution is 5.66. The first-order valence-corrected chi connectivity index (χ1v) is 6.19. The minimum absolute atomic E-state index is 0.166. The molecule has 1 aromatic heterocycles. The van der Waals surface area contributed by atoms with Crippen LogP contribution in [0, 0.1) is 0 Å². The van der Waals surface area contributed by atoms with Crippen LogP contribution in [-0.2, 0) is 16.1 Å². The monoisotopic (exact) mass is 252 g/mol. The molecule has 0 radical (unpaired) electrons. The normalized spacial score (nSPS) is 27.6. The predicted octanol–water partition coefficient (Wildman–Crippen LogP) is -0.102. The van der Waals surface area contributed by atoms with E-state index < -0.39 is 5.97 Å². The molecule has 0 saturated carbocycles. The van der Waals surface area contributed by atoms with Gasteiger partial charge in [0.2, 0.25) is 0 Å². The molecule has 0 bridgehead atoms. The predicted molar refractivity (Wildman–Crippen MR) is 60.9 cm³/mol. The maximum atomic E-state index is 10.6. The smallest absolute Gasteiger partial charge is 0.304 e. The Kier molecular flexibility index (Phi) is 3.00. The molecule has 7 nitrogen and oxygen atoms in total. The number of aliphatic carboxylic acids is 1. The zero-order valence-corrected chi connectivity index (χ0v) is 10.0. The Morgan fingerprint density at radius 2 is 2.50 bits per heavy atom. The van der Waals surface area contributed by atoms with Gasteiger partial charge in [0, 0.05) is 19.6 Å². The molecule has 7 heteroatoms. The highest BCUT2D eigenvalue weighted by atomic mass is 16.5. The summed E-state index contributed by atoms with van der Waals surface area (Å²) >= 11 is 0. The largest absolute Gasteiger partial charge is 0.481 e. The van der Waals surface area contributed by atoms with Gasteiger partial charge < -0.3 is 14.7 Å². The van der Waals surface area contributed by atoms with Crippen LogP contribution >= 0.6 is 0 Å². The zero-order chi connectivity index (χ0) is 12.5. The number of rotatable bonds is 3. The van der Waals surface area contributed by atoms with E-state index in [4.69, 9.17) is 9.84 Å². The zero-order valence-electron chi connectivity index (χ0n) is 10.0. The van der Waals surface area contributed by atoms with E-state index in [1.54, 1.807) is 6.20 Å². The molecule has 2 aliphatic heterocycles. The number of hydrogen-bond donors (Lipinski definition) is 1. The van der Waals surface area contributed by atoms with Crippen LogP contribution in [0.15, 0.2) is 6.20 Å². The lowest BCUT2D eigenvalue weighted by Gasteiger charge is -2.40. The molecule has 0 aromatic carbocycles. The second-order valence-electron chi connectivity index (χ2n) is 4.82. The summed E-state index contributed by atoms with van der Waals surface area (Å²) in [7, 11) is 0. The van der Waals surface area contributed by atoms with Crippen LogP contribution in [0.2, 0.25) is 0 Å². The van der Waals surface area contributed by atoms with Gasteiger partial charge in [0.15, 0.2) is 0 Å². The summed E-state index contributed by atoms with van der Waals surface area (Å²) in [5.41, 5.74) is 0.997. The van der Waals surface area contributed by atoms with Crippen molar-refractivity contribution >= 4 is 5.97 Å². The lowest BCUT2D eigenvalue weighted by atomic mass is 10.0. The first-order valence-electron chi connectivity index (χ1n) is 6.19. The van der Waals surface area contributed by atoms with Crippen molar-refractivity contribution in [2.75, 3.05) is 19.6 Å². The molecule has 0 spiro atoms. The van der Waals surface area contributed by atoms with Crippen LogP contribution in [-0.4, -0.2) is 56.7 Å². The van der Waals surface area contributed by atoms with Gasteiger partial charge in [-0.25, -0.2) is 4.68 Å². The highest BCUT2D eigenvalue weighted by Gasteiger charge is 2.36. The van der Waals surface area contributed by atoms with Crippen molar-refractivity contribution in [3.8, 4) is 0 Å². The van der Waals surface area contributed by atoms with E-state index >= 15 is 0 Å². The average Bonchev–Trinajstić information content (AvgIpc) is 2.84. The quantitative estimate of drug-likeness (QED) is 0.809. The second-order valence-corrected chi connectivity index (χ2v) is 4.82. The molecule has 98 valence electrons. The maximum absolute atomic E-state index is 10.6. The number of fused-ring (bicyclic) bond motifs is 3. The molecule has 1 N–H and O–H groups in total. The van der Waals surface area contributed by atoms with Crippen molar-refractivity contribution in [2.24, 2.45) is 0 Å². The molecule has 0 amide bonds. The number of hydrogen-bond acceptors (Lipinski definition) is 5. The summed E-state index contributed by atoms with van der Waals surface area (Å²) in [6.45, 7) is 2.83. The lowest BCUT2D eigenvalue weighted by molar-refractivity contribution is -0.137. The average molecular weight is 252 g/mol. The standard InChI is InChI=1S/C11H16N4O3/c16-11(17)2-4-14-3-1-10-9(6-14)15-8(7-18-10)5-12-13-15/h5,9-10H,1-4,6-7H2,(H,16,17)/t9-,10-/m1/s1. The van der Waals surface area contributed by atoms with E-state index in [1.165, 1.54) is 0 Å². The Morgan fingerprint density at radius 3 is 3.33 bits per heavy atom. The molecule has 1 saturated heterocycles. The Balaban J connectivity index is 1.69. The third-order valence-corrected chi connectivity index (χ3v) is 3.65. The van der Waals surface area contributed by atoms with E-state index in [0.29, 0.717) is 13.2 Å². The number of aromatic nitrogens is 3. The topological polar surface area (TPSA) is 80.5 Å². The fraction of sp³-hybridized carbons (Fsp3) is 0.727. The molecular formula is C11H16N4O3. The fourth-order valence-electron chi connectivity index (χ4n) is 2.70. The number of likely N-dealkylation sites (tertiary alicyclic amines) is 1. The van der Waals surface area contributed by atoms with Crippen molar-refractivity contribution in [1.29, 1.82) is 0 Å². The van der Waals surface area contributed by atoms with Gasteiger partial charge in [-0.1, -0.05) is 5.21 Å². The third kappa shape index (κ3) is 2.11. The number of piperidine rings is 1. The Labute approximate surface area is 104 Å². The van der Waals surface area contributed by atoms with E-state index in [1.807, 2.05) is 4.68 Å². The van der Waals surface area contributed by atoms with Gasteiger partial charge in [0.05, 0.1) is 37.1 Å². The molecule has 2 aliphatic rings. The van der Waals surface area contributed by atoms with Crippen molar-refractivity contribution in [2.45, 2.75) is 31.6 Å². The molecular weight excluding hydrogens is 236 g/mol. The van der Waals surface area contributed by atoms with Crippen molar-refractivity contribution in [3.05, 3.63) is 11.9 Å². The minimum atomic E-state index is -0.751.